The highest BCUT2D eigenvalue weighted by Gasteiger charge is 2.45. The molecule has 1 aliphatic heterocycles. The number of hydrogen-bond donors (Lipinski definition) is 2. The van der Waals surface area contributed by atoms with Crippen LogP contribution in [0.25, 0.3) is 0 Å². The Hall–Kier alpha value is -0.610. The molecule has 2 rings (SSSR count). The van der Waals surface area contributed by atoms with Crippen LogP contribution in [0.15, 0.2) is 0 Å². The lowest BCUT2D eigenvalue weighted by Gasteiger charge is -2.35. The standard InChI is InChI=1S/C15H28N2O2/c1-12(2)10-14(4-5-14)11-17-13(18)15(19-3)6-8-16-9-7-15/h12,16H,4-11H2,1-3H3,(H,17,18). The summed E-state index contributed by atoms with van der Waals surface area (Å²) in [6.45, 7) is 7.05. The van der Waals surface area contributed by atoms with E-state index in [2.05, 4.69) is 24.5 Å². The highest BCUT2D eigenvalue weighted by atomic mass is 16.5. The van der Waals surface area contributed by atoms with Crippen LogP contribution in [-0.2, 0) is 9.53 Å². The zero-order valence-corrected chi connectivity index (χ0v) is 12.6. The molecule has 19 heavy (non-hydrogen) atoms. The molecule has 0 spiro atoms. The summed E-state index contributed by atoms with van der Waals surface area (Å²) in [6.07, 6.45) is 5.27. The maximum absolute atomic E-state index is 12.4. The lowest BCUT2D eigenvalue weighted by atomic mass is 9.90. The number of carbonyl (C=O) groups is 1. The van der Waals surface area contributed by atoms with Gasteiger partial charge in [-0.25, -0.2) is 0 Å². The van der Waals surface area contributed by atoms with Crippen LogP contribution < -0.4 is 10.6 Å². The summed E-state index contributed by atoms with van der Waals surface area (Å²) in [5, 5.41) is 6.44. The zero-order chi connectivity index (χ0) is 13.9. The van der Waals surface area contributed by atoms with E-state index in [4.69, 9.17) is 4.74 Å². The summed E-state index contributed by atoms with van der Waals surface area (Å²) >= 11 is 0. The van der Waals surface area contributed by atoms with Crippen LogP contribution in [0.3, 0.4) is 0 Å². The third-order valence-corrected chi connectivity index (χ3v) is 4.64. The van der Waals surface area contributed by atoms with Crippen LogP contribution in [-0.4, -0.2) is 38.3 Å². The zero-order valence-electron chi connectivity index (χ0n) is 12.6. The van der Waals surface area contributed by atoms with Crippen LogP contribution in [0.4, 0.5) is 0 Å². The lowest BCUT2D eigenvalue weighted by Crippen LogP contribution is -2.54. The van der Waals surface area contributed by atoms with E-state index in [0.29, 0.717) is 11.3 Å². The summed E-state index contributed by atoms with van der Waals surface area (Å²) < 4.78 is 5.56. The molecule has 2 fully saturated rings. The average Bonchev–Trinajstić information content (AvgIpc) is 3.16. The van der Waals surface area contributed by atoms with Crippen molar-refractivity contribution in [3.8, 4) is 0 Å². The van der Waals surface area contributed by atoms with Gasteiger partial charge in [-0.05, 0) is 56.5 Å². The highest BCUT2D eigenvalue weighted by molar-refractivity contribution is 5.85. The Morgan fingerprint density at radius 3 is 2.37 bits per heavy atom. The third-order valence-electron chi connectivity index (χ3n) is 4.64. The molecule has 0 aromatic rings. The molecule has 1 aliphatic carbocycles. The summed E-state index contributed by atoms with van der Waals surface area (Å²) in [5.74, 6) is 0.793. The molecule has 2 N–H and O–H groups in total. The summed E-state index contributed by atoms with van der Waals surface area (Å²) in [7, 11) is 1.66. The van der Waals surface area contributed by atoms with Crippen molar-refractivity contribution < 1.29 is 9.53 Å². The predicted octanol–water partition coefficient (Wildman–Crippen LogP) is 1.70. The lowest BCUT2D eigenvalue weighted by molar-refractivity contribution is -0.147. The Labute approximate surface area is 116 Å². The Bertz CT molecular complexity index is 318. The first kappa shape index (κ1) is 14.8. The minimum absolute atomic E-state index is 0.0894. The van der Waals surface area contributed by atoms with Crippen molar-refractivity contribution in [2.24, 2.45) is 11.3 Å². The van der Waals surface area contributed by atoms with Crippen LogP contribution in [0, 0.1) is 11.3 Å². The maximum atomic E-state index is 12.4. The normalized spacial score (nSPS) is 24.2. The van der Waals surface area contributed by atoms with E-state index >= 15 is 0 Å². The molecule has 1 saturated carbocycles. The van der Waals surface area contributed by atoms with Gasteiger partial charge in [0, 0.05) is 13.7 Å². The second-order valence-corrected chi connectivity index (χ2v) is 6.73. The average molecular weight is 268 g/mol. The number of piperidine rings is 1. The van der Waals surface area contributed by atoms with Crippen LogP contribution in [0.1, 0.15) is 46.0 Å². The highest BCUT2D eigenvalue weighted by Crippen LogP contribution is 2.50. The van der Waals surface area contributed by atoms with E-state index in [1.54, 1.807) is 7.11 Å². The molecule has 110 valence electrons. The molecule has 1 saturated heterocycles. The van der Waals surface area contributed by atoms with Gasteiger partial charge in [-0.2, -0.15) is 0 Å². The van der Waals surface area contributed by atoms with Crippen molar-refractivity contribution in [2.75, 3.05) is 26.7 Å². The Balaban J connectivity index is 1.86. The predicted molar refractivity (Wildman–Crippen MR) is 76.0 cm³/mol. The SMILES string of the molecule is COC1(C(=O)NCC2(CC(C)C)CC2)CCNCC1. The van der Waals surface area contributed by atoms with E-state index in [-0.39, 0.29) is 5.91 Å². The second kappa shape index (κ2) is 5.80. The molecule has 4 nitrogen and oxygen atoms in total. The Kier molecular flexibility index (Phi) is 4.51. The van der Waals surface area contributed by atoms with Crippen molar-refractivity contribution in [1.29, 1.82) is 0 Å². The molecule has 1 amide bonds. The molecular formula is C15H28N2O2. The molecule has 2 aliphatic rings. The number of nitrogens with one attached hydrogen (secondary N) is 2. The molecule has 0 aromatic carbocycles. The second-order valence-electron chi connectivity index (χ2n) is 6.73. The number of methoxy groups -OCH3 is 1. The Morgan fingerprint density at radius 1 is 1.26 bits per heavy atom. The van der Waals surface area contributed by atoms with Crippen molar-refractivity contribution >= 4 is 5.91 Å². The van der Waals surface area contributed by atoms with Gasteiger partial charge in [-0.1, -0.05) is 13.8 Å². The van der Waals surface area contributed by atoms with Gasteiger partial charge >= 0.3 is 0 Å². The first-order chi connectivity index (χ1) is 9.02. The van der Waals surface area contributed by atoms with E-state index in [9.17, 15) is 4.79 Å². The fourth-order valence-corrected chi connectivity index (χ4v) is 3.28. The van der Waals surface area contributed by atoms with E-state index < -0.39 is 5.60 Å². The van der Waals surface area contributed by atoms with Gasteiger partial charge in [0.15, 0.2) is 0 Å². The van der Waals surface area contributed by atoms with Gasteiger partial charge in [-0.3, -0.25) is 4.79 Å². The maximum Gasteiger partial charge on any atom is 0.252 e. The topological polar surface area (TPSA) is 50.4 Å². The number of amides is 1. The smallest absolute Gasteiger partial charge is 0.252 e. The van der Waals surface area contributed by atoms with E-state index in [0.717, 1.165) is 32.5 Å². The molecule has 0 radical (unpaired) electrons. The number of carbonyl (C=O) groups excluding carboxylic acids is 1. The first-order valence-electron chi connectivity index (χ1n) is 7.56. The van der Waals surface area contributed by atoms with Crippen LogP contribution in [0.5, 0.6) is 0 Å². The first-order valence-corrected chi connectivity index (χ1v) is 7.56. The van der Waals surface area contributed by atoms with Gasteiger partial charge in [0.25, 0.3) is 5.91 Å². The van der Waals surface area contributed by atoms with Crippen LogP contribution >= 0.6 is 0 Å². The minimum Gasteiger partial charge on any atom is -0.368 e. The van der Waals surface area contributed by atoms with Gasteiger partial charge < -0.3 is 15.4 Å². The largest absolute Gasteiger partial charge is 0.368 e. The van der Waals surface area contributed by atoms with E-state index in [1.165, 1.54) is 19.3 Å². The van der Waals surface area contributed by atoms with Gasteiger partial charge in [0.2, 0.25) is 0 Å². The van der Waals surface area contributed by atoms with Crippen molar-refractivity contribution in [2.45, 2.75) is 51.6 Å². The van der Waals surface area contributed by atoms with Gasteiger partial charge in [0.05, 0.1) is 0 Å². The third kappa shape index (κ3) is 3.48. The minimum atomic E-state index is -0.598. The van der Waals surface area contributed by atoms with Crippen LogP contribution in [0.2, 0.25) is 0 Å². The number of ether oxygens (including phenoxy) is 1. The van der Waals surface area contributed by atoms with Gasteiger partial charge in [-0.15, -0.1) is 0 Å². The quantitative estimate of drug-likeness (QED) is 0.771. The van der Waals surface area contributed by atoms with Gasteiger partial charge in [0.1, 0.15) is 5.60 Å². The molecule has 0 atom stereocenters. The molecule has 4 heteroatoms. The van der Waals surface area contributed by atoms with E-state index in [1.807, 2.05) is 0 Å². The monoisotopic (exact) mass is 268 g/mol. The fraction of sp³-hybridized carbons (Fsp3) is 0.933. The fourth-order valence-electron chi connectivity index (χ4n) is 3.28. The Morgan fingerprint density at radius 2 is 1.89 bits per heavy atom. The number of hydrogen-bond acceptors (Lipinski definition) is 3. The molecule has 0 aromatic heterocycles. The van der Waals surface area contributed by atoms with Crippen molar-refractivity contribution in [1.82, 2.24) is 10.6 Å². The molecule has 1 heterocycles. The number of rotatable bonds is 6. The summed E-state index contributed by atoms with van der Waals surface area (Å²) in [6, 6.07) is 0. The molecular weight excluding hydrogens is 240 g/mol. The van der Waals surface area contributed by atoms with Crippen molar-refractivity contribution in [3.63, 3.8) is 0 Å². The summed E-state index contributed by atoms with van der Waals surface area (Å²) in [4.78, 5) is 12.4. The molecule has 0 unspecified atom stereocenters. The van der Waals surface area contributed by atoms with Crippen molar-refractivity contribution in [3.05, 3.63) is 0 Å². The molecule has 0 bridgehead atoms. The summed E-state index contributed by atoms with van der Waals surface area (Å²) in [5.41, 5.74) is -0.217.